The van der Waals surface area contributed by atoms with E-state index in [1.807, 2.05) is 0 Å². The average Bonchev–Trinajstić information content (AvgIpc) is 2.27. The quantitative estimate of drug-likeness (QED) is 0.549. The Labute approximate surface area is 100 Å². The number of rotatable bonds is 6. The number of anilines is 2. The van der Waals surface area contributed by atoms with Gasteiger partial charge >= 0.3 is 5.69 Å². The van der Waals surface area contributed by atoms with Crippen LogP contribution in [-0.4, -0.2) is 46.1 Å². The van der Waals surface area contributed by atoms with Gasteiger partial charge in [-0.2, -0.15) is 0 Å². The molecule has 0 aromatic carbocycles. The first-order valence-corrected chi connectivity index (χ1v) is 4.86. The number of nitro groups is 1. The highest BCUT2D eigenvalue weighted by Crippen LogP contribution is 2.29. The van der Waals surface area contributed by atoms with Gasteiger partial charge in [0, 0.05) is 6.54 Å². The highest BCUT2D eigenvalue weighted by molar-refractivity contribution is 5.68. The summed E-state index contributed by atoms with van der Waals surface area (Å²) in [6.45, 7) is -1.47. The van der Waals surface area contributed by atoms with Crippen molar-refractivity contribution in [3.63, 3.8) is 0 Å². The van der Waals surface area contributed by atoms with Crippen LogP contribution in [0.15, 0.2) is 6.33 Å². The Balaban J connectivity index is 3.18. The van der Waals surface area contributed by atoms with Crippen molar-refractivity contribution in [2.24, 2.45) is 0 Å². The Kier molecular flexibility index (Phi) is 4.66. The summed E-state index contributed by atoms with van der Waals surface area (Å²) in [5.41, 5.74) is 4.67. The van der Waals surface area contributed by atoms with E-state index in [1.54, 1.807) is 0 Å². The van der Waals surface area contributed by atoms with Gasteiger partial charge in [0.2, 0.25) is 11.6 Å². The molecule has 18 heavy (non-hydrogen) atoms. The van der Waals surface area contributed by atoms with Crippen LogP contribution in [0.3, 0.4) is 0 Å². The predicted octanol–water partition coefficient (Wildman–Crippen LogP) is 0.0308. The molecule has 100 valence electrons. The van der Waals surface area contributed by atoms with Crippen LogP contribution in [0.4, 0.5) is 26.1 Å². The molecule has 0 spiro atoms. The van der Waals surface area contributed by atoms with Crippen LogP contribution in [-0.2, 0) is 0 Å². The summed E-state index contributed by atoms with van der Waals surface area (Å²) in [4.78, 5) is 17.9. The van der Waals surface area contributed by atoms with Crippen molar-refractivity contribution in [3.05, 3.63) is 16.4 Å². The summed E-state index contributed by atoms with van der Waals surface area (Å²) in [5, 5.41) is 19.6. The Morgan fingerprint density at radius 1 is 1.56 bits per heavy atom. The Morgan fingerprint density at radius 2 is 2.22 bits per heavy atom. The standard InChI is InChI=1S/C8H11F2N5O3/c9-5(10)3-14(1-2-16)8-6(15(17)18)7(11)12-4-13-8/h4-5,16H,1-3H2,(H2,11,12,13). The number of hydrogen-bond acceptors (Lipinski definition) is 7. The SMILES string of the molecule is Nc1ncnc(N(CCO)CC(F)F)c1[N+](=O)[O-]. The lowest BCUT2D eigenvalue weighted by Gasteiger charge is -2.21. The lowest BCUT2D eigenvalue weighted by Crippen LogP contribution is -2.33. The molecule has 10 heteroatoms. The van der Waals surface area contributed by atoms with Crippen molar-refractivity contribution in [2.75, 3.05) is 30.3 Å². The first kappa shape index (κ1) is 14.0. The number of nitrogen functional groups attached to an aromatic ring is 1. The number of halogens is 2. The lowest BCUT2D eigenvalue weighted by molar-refractivity contribution is -0.383. The number of alkyl halides is 2. The highest BCUT2D eigenvalue weighted by Gasteiger charge is 2.26. The smallest absolute Gasteiger partial charge is 0.353 e. The van der Waals surface area contributed by atoms with Gasteiger partial charge in [-0.05, 0) is 0 Å². The van der Waals surface area contributed by atoms with Crippen LogP contribution in [0.5, 0.6) is 0 Å². The Hall–Kier alpha value is -2.10. The normalized spacial score (nSPS) is 10.7. The fraction of sp³-hybridized carbons (Fsp3) is 0.500. The lowest BCUT2D eigenvalue weighted by atomic mass is 10.3. The summed E-state index contributed by atoms with van der Waals surface area (Å²) in [6.07, 6.45) is -1.79. The zero-order chi connectivity index (χ0) is 13.7. The molecule has 0 saturated carbocycles. The van der Waals surface area contributed by atoms with E-state index in [-0.39, 0.29) is 12.4 Å². The van der Waals surface area contributed by atoms with Crippen molar-refractivity contribution >= 4 is 17.3 Å². The van der Waals surface area contributed by atoms with E-state index in [0.29, 0.717) is 0 Å². The minimum absolute atomic E-state index is 0.221. The Bertz CT molecular complexity index is 431. The van der Waals surface area contributed by atoms with Crippen molar-refractivity contribution in [2.45, 2.75) is 6.43 Å². The van der Waals surface area contributed by atoms with E-state index in [1.165, 1.54) is 0 Å². The van der Waals surface area contributed by atoms with Crippen molar-refractivity contribution in [1.29, 1.82) is 0 Å². The molecule has 0 unspecified atom stereocenters. The largest absolute Gasteiger partial charge is 0.395 e. The van der Waals surface area contributed by atoms with Crippen LogP contribution in [0.2, 0.25) is 0 Å². The molecular weight excluding hydrogens is 252 g/mol. The number of aromatic nitrogens is 2. The number of aliphatic hydroxyl groups is 1. The van der Waals surface area contributed by atoms with E-state index in [9.17, 15) is 18.9 Å². The molecule has 3 N–H and O–H groups in total. The van der Waals surface area contributed by atoms with Gasteiger partial charge < -0.3 is 15.7 Å². The van der Waals surface area contributed by atoms with Gasteiger partial charge in [0.25, 0.3) is 6.43 Å². The Morgan fingerprint density at radius 3 is 2.72 bits per heavy atom. The highest BCUT2D eigenvalue weighted by atomic mass is 19.3. The fourth-order valence-electron chi connectivity index (χ4n) is 1.36. The molecule has 0 aliphatic rings. The van der Waals surface area contributed by atoms with Gasteiger partial charge in [0.1, 0.15) is 6.33 Å². The fourth-order valence-corrected chi connectivity index (χ4v) is 1.36. The second-order valence-electron chi connectivity index (χ2n) is 3.25. The molecule has 1 aromatic rings. The molecule has 0 amide bonds. The van der Waals surface area contributed by atoms with Gasteiger partial charge in [-0.1, -0.05) is 0 Å². The summed E-state index contributed by atoms with van der Waals surface area (Å²) in [6, 6.07) is 0. The van der Waals surface area contributed by atoms with Crippen LogP contribution >= 0.6 is 0 Å². The second-order valence-corrected chi connectivity index (χ2v) is 3.25. The molecule has 1 heterocycles. The summed E-state index contributed by atoms with van der Waals surface area (Å²) >= 11 is 0. The summed E-state index contributed by atoms with van der Waals surface area (Å²) in [7, 11) is 0. The van der Waals surface area contributed by atoms with Crippen molar-refractivity contribution < 1.29 is 18.8 Å². The van der Waals surface area contributed by atoms with Gasteiger partial charge in [-0.3, -0.25) is 10.1 Å². The van der Waals surface area contributed by atoms with Gasteiger partial charge in [-0.15, -0.1) is 0 Å². The van der Waals surface area contributed by atoms with Gasteiger partial charge in [0.05, 0.1) is 18.1 Å². The van der Waals surface area contributed by atoms with Crippen LogP contribution in [0.25, 0.3) is 0 Å². The molecular formula is C8H11F2N5O3. The van der Waals surface area contributed by atoms with Gasteiger partial charge in [0.15, 0.2) is 0 Å². The second kappa shape index (κ2) is 6.00. The third-order valence-corrected chi connectivity index (χ3v) is 2.04. The molecule has 1 aromatic heterocycles. The minimum atomic E-state index is -2.73. The maximum Gasteiger partial charge on any atom is 0.353 e. The van der Waals surface area contributed by atoms with Crippen molar-refractivity contribution in [3.8, 4) is 0 Å². The maximum absolute atomic E-state index is 12.4. The van der Waals surface area contributed by atoms with E-state index in [2.05, 4.69) is 9.97 Å². The number of nitrogens with two attached hydrogens (primary N) is 1. The molecule has 0 aliphatic heterocycles. The first-order valence-electron chi connectivity index (χ1n) is 4.86. The third-order valence-electron chi connectivity index (χ3n) is 2.04. The van der Waals surface area contributed by atoms with Crippen LogP contribution in [0, 0.1) is 10.1 Å². The van der Waals surface area contributed by atoms with E-state index in [0.717, 1.165) is 11.2 Å². The minimum Gasteiger partial charge on any atom is -0.395 e. The monoisotopic (exact) mass is 263 g/mol. The number of hydrogen-bond donors (Lipinski definition) is 2. The van der Waals surface area contributed by atoms with Crippen molar-refractivity contribution in [1.82, 2.24) is 9.97 Å². The number of nitrogens with zero attached hydrogens (tertiary/aromatic N) is 4. The molecule has 1 rings (SSSR count). The molecule has 0 saturated heterocycles. The molecule has 0 aliphatic carbocycles. The van der Waals surface area contributed by atoms with Crippen LogP contribution < -0.4 is 10.6 Å². The topological polar surface area (TPSA) is 118 Å². The number of aliphatic hydroxyl groups excluding tert-OH is 1. The summed E-state index contributed by atoms with van der Waals surface area (Å²) in [5.74, 6) is -0.746. The molecule has 0 bridgehead atoms. The average molecular weight is 263 g/mol. The van der Waals surface area contributed by atoms with Crippen LogP contribution in [0.1, 0.15) is 0 Å². The zero-order valence-corrected chi connectivity index (χ0v) is 9.16. The van der Waals surface area contributed by atoms with E-state index in [4.69, 9.17) is 10.8 Å². The predicted molar refractivity (Wildman–Crippen MR) is 58.4 cm³/mol. The third kappa shape index (κ3) is 3.20. The van der Waals surface area contributed by atoms with E-state index < -0.39 is 36.0 Å². The molecule has 0 fully saturated rings. The maximum atomic E-state index is 12.4. The zero-order valence-electron chi connectivity index (χ0n) is 9.16. The molecule has 0 atom stereocenters. The van der Waals surface area contributed by atoms with E-state index >= 15 is 0 Å². The molecule has 0 radical (unpaired) electrons. The summed E-state index contributed by atoms with van der Waals surface area (Å²) < 4.78 is 24.7. The first-order chi connectivity index (χ1) is 8.47. The molecule has 8 nitrogen and oxygen atoms in total. The van der Waals surface area contributed by atoms with Gasteiger partial charge in [-0.25, -0.2) is 18.7 Å².